The highest BCUT2D eigenvalue weighted by Crippen LogP contribution is 2.13. The maximum atomic E-state index is 4.55. The molecule has 1 aromatic heterocycles. The van der Waals surface area contributed by atoms with E-state index in [0.717, 1.165) is 17.9 Å². The zero-order chi connectivity index (χ0) is 12.1. The summed E-state index contributed by atoms with van der Waals surface area (Å²) >= 11 is 0. The predicted molar refractivity (Wildman–Crippen MR) is 70.2 cm³/mol. The van der Waals surface area contributed by atoms with E-state index >= 15 is 0 Å². The second-order valence-electron chi connectivity index (χ2n) is 3.79. The summed E-state index contributed by atoms with van der Waals surface area (Å²) in [6, 6.07) is 12.2. The van der Waals surface area contributed by atoms with Crippen LogP contribution in [0.15, 0.2) is 55.3 Å². The molecule has 2 aromatic rings. The van der Waals surface area contributed by atoms with Gasteiger partial charge in [0.15, 0.2) is 0 Å². The topological polar surface area (TPSA) is 29.9 Å². The second kappa shape index (κ2) is 5.46. The fourth-order valence-corrected chi connectivity index (χ4v) is 1.76. The Morgan fingerprint density at radius 3 is 2.76 bits per heavy atom. The zero-order valence-corrected chi connectivity index (χ0v) is 10.0. The molecular formula is C14H17N3. The third-order valence-electron chi connectivity index (χ3n) is 2.61. The van der Waals surface area contributed by atoms with Crippen molar-refractivity contribution in [3.05, 3.63) is 60.9 Å². The van der Waals surface area contributed by atoms with Gasteiger partial charge in [0, 0.05) is 6.20 Å². The molecule has 0 fully saturated rings. The summed E-state index contributed by atoms with van der Waals surface area (Å²) in [6.45, 7) is 6.80. The van der Waals surface area contributed by atoms with E-state index in [9.17, 15) is 0 Å². The minimum Gasteiger partial charge on any atom is -0.306 e. The minimum absolute atomic E-state index is 0.116. The Balaban J connectivity index is 2.24. The Hall–Kier alpha value is -1.87. The fraction of sp³-hybridized carbons (Fsp3) is 0.214. The van der Waals surface area contributed by atoms with E-state index in [1.165, 1.54) is 0 Å². The average Bonchev–Trinajstić information content (AvgIpc) is 2.86. The van der Waals surface area contributed by atoms with Gasteiger partial charge in [-0.3, -0.25) is 0 Å². The number of nitrogens with one attached hydrogen (secondary N) is 1. The van der Waals surface area contributed by atoms with Gasteiger partial charge in [-0.25, -0.2) is 4.68 Å². The SMILES string of the molecule is C=CC(NCC)c1ccn(-c2ccccc2)n1. The average molecular weight is 227 g/mol. The number of nitrogens with zero attached hydrogens (tertiary/aromatic N) is 2. The molecule has 88 valence electrons. The molecule has 0 aliphatic rings. The lowest BCUT2D eigenvalue weighted by Gasteiger charge is -2.09. The van der Waals surface area contributed by atoms with E-state index in [0.29, 0.717) is 0 Å². The summed E-state index contributed by atoms with van der Waals surface area (Å²) in [7, 11) is 0. The smallest absolute Gasteiger partial charge is 0.0837 e. The summed E-state index contributed by atoms with van der Waals surface area (Å²) in [4.78, 5) is 0. The fourth-order valence-electron chi connectivity index (χ4n) is 1.76. The molecule has 1 atom stereocenters. The van der Waals surface area contributed by atoms with Crippen LogP contribution in [-0.2, 0) is 0 Å². The van der Waals surface area contributed by atoms with Gasteiger partial charge in [-0.15, -0.1) is 6.58 Å². The first kappa shape index (κ1) is 11.6. The second-order valence-corrected chi connectivity index (χ2v) is 3.79. The van der Waals surface area contributed by atoms with Gasteiger partial charge in [0.1, 0.15) is 0 Å². The van der Waals surface area contributed by atoms with Crippen molar-refractivity contribution in [1.82, 2.24) is 15.1 Å². The molecular weight excluding hydrogens is 210 g/mol. The Bertz CT molecular complexity index is 473. The Kier molecular flexibility index (Phi) is 3.73. The van der Waals surface area contributed by atoms with Crippen LogP contribution in [0.2, 0.25) is 0 Å². The van der Waals surface area contributed by atoms with Gasteiger partial charge in [-0.1, -0.05) is 31.2 Å². The van der Waals surface area contributed by atoms with Crippen molar-refractivity contribution in [3.8, 4) is 5.69 Å². The van der Waals surface area contributed by atoms with Crippen LogP contribution in [-0.4, -0.2) is 16.3 Å². The summed E-state index contributed by atoms with van der Waals surface area (Å²) in [6.07, 6.45) is 3.85. The van der Waals surface area contributed by atoms with Gasteiger partial charge < -0.3 is 5.32 Å². The van der Waals surface area contributed by atoms with E-state index in [2.05, 4.69) is 23.9 Å². The largest absolute Gasteiger partial charge is 0.306 e. The van der Waals surface area contributed by atoms with E-state index < -0.39 is 0 Å². The molecule has 2 rings (SSSR count). The predicted octanol–water partition coefficient (Wildman–Crippen LogP) is 2.71. The van der Waals surface area contributed by atoms with Crippen molar-refractivity contribution in [2.45, 2.75) is 13.0 Å². The first-order valence-corrected chi connectivity index (χ1v) is 5.82. The van der Waals surface area contributed by atoms with E-state index in [1.807, 2.05) is 53.4 Å². The Morgan fingerprint density at radius 2 is 2.12 bits per heavy atom. The maximum absolute atomic E-state index is 4.55. The highest BCUT2D eigenvalue weighted by Gasteiger charge is 2.09. The van der Waals surface area contributed by atoms with Crippen LogP contribution in [0.4, 0.5) is 0 Å². The van der Waals surface area contributed by atoms with Gasteiger partial charge in [0.25, 0.3) is 0 Å². The highest BCUT2D eigenvalue weighted by atomic mass is 15.3. The third kappa shape index (κ3) is 2.63. The van der Waals surface area contributed by atoms with E-state index in [-0.39, 0.29) is 6.04 Å². The standard InChI is InChI=1S/C14H17N3/c1-3-13(15-4-2)14-10-11-17(16-14)12-8-6-5-7-9-12/h3,5-11,13,15H,1,4H2,2H3. The first-order valence-electron chi connectivity index (χ1n) is 5.82. The van der Waals surface area contributed by atoms with Crippen LogP contribution in [0.25, 0.3) is 5.69 Å². The number of aromatic nitrogens is 2. The normalized spacial score (nSPS) is 12.3. The number of rotatable bonds is 5. The molecule has 0 aliphatic carbocycles. The molecule has 1 heterocycles. The van der Waals surface area contributed by atoms with Crippen LogP contribution >= 0.6 is 0 Å². The van der Waals surface area contributed by atoms with Crippen LogP contribution < -0.4 is 5.32 Å². The van der Waals surface area contributed by atoms with Crippen molar-refractivity contribution in [1.29, 1.82) is 0 Å². The summed E-state index contributed by atoms with van der Waals surface area (Å²) in [5, 5.41) is 7.87. The van der Waals surface area contributed by atoms with E-state index in [4.69, 9.17) is 0 Å². The number of likely N-dealkylation sites (N-methyl/N-ethyl adjacent to an activating group) is 1. The Morgan fingerprint density at radius 1 is 1.35 bits per heavy atom. The van der Waals surface area contributed by atoms with Crippen LogP contribution in [0.3, 0.4) is 0 Å². The zero-order valence-electron chi connectivity index (χ0n) is 10.0. The molecule has 1 aromatic carbocycles. The summed E-state index contributed by atoms with van der Waals surface area (Å²) in [5.74, 6) is 0. The van der Waals surface area contributed by atoms with Crippen LogP contribution in [0, 0.1) is 0 Å². The lowest BCUT2D eigenvalue weighted by Crippen LogP contribution is -2.19. The van der Waals surface area contributed by atoms with Crippen molar-refractivity contribution < 1.29 is 0 Å². The molecule has 0 spiro atoms. The van der Waals surface area contributed by atoms with Crippen LogP contribution in [0.5, 0.6) is 0 Å². The number of hydrogen-bond donors (Lipinski definition) is 1. The number of benzene rings is 1. The van der Waals surface area contributed by atoms with Gasteiger partial charge in [-0.2, -0.15) is 5.10 Å². The number of para-hydroxylation sites is 1. The van der Waals surface area contributed by atoms with Gasteiger partial charge in [-0.05, 0) is 24.7 Å². The molecule has 0 amide bonds. The van der Waals surface area contributed by atoms with E-state index in [1.54, 1.807) is 0 Å². The maximum Gasteiger partial charge on any atom is 0.0837 e. The number of hydrogen-bond acceptors (Lipinski definition) is 2. The minimum atomic E-state index is 0.116. The van der Waals surface area contributed by atoms with Gasteiger partial charge in [0.2, 0.25) is 0 Å². The molecule has 3 heteroatoms. The summed E-state index contributed by atoms with van der Waals surface area (Å²) in [5.41, 5.74) is 2.06. The molecule has 0 saturated carbocycles. The molecule has 1 unspecified atom stereocenters. The molecule has 0 bridgehead atoms. The first-order chi connectivity index (χ1) is 8.35. The lowest BCUT2D eigenvalue weighted by molar-refractivity contribution is 0.624. The Labute approximate surface area is 102 Å². The van der Waals surface area contributed by atoms with Crippen molar-refractivity contribution in [3.63, 3.8) is 0 Å². The monoisotopic (exact) mass is 227 g/mol. The molecule has 0 saturated heterocycles. The quantitative estimate of drug-likeness (QED) is 0.796. The van der Waals surface area contributed by atoms with Crippen molar-refractivity contribution in [2.75, 3.05) is 6.54 Å². The lowest BCUT2D eigenvalue weighted by atomic mass is 10.2. The molecule has 17 heavy (non-hydrogen) atoms. The van der Waals surface area contributed by atoms with Gasteiger partial charge in [0.05, 0.1) is 17.4 Å². The third-order valence-corrected chi connectivity index (χ3v) is 2.61. The molecule has 3 nitrogen and oxygen atoms in total. The van der Waals surface area contributed by atoms with Crippen molar-refractivity contribution in [2.24, 2.45) is 0 Å². The summed E-state index contributed by atoms with van der Waals surface area (Å²) < 4.78 is 1.88. The molecule has 0 radical (unpaired) electrons. The van der Waals surface area contributed by atoms with Crippen LogP contribution in [0.1, 0.15) is 18.7 Å². The highest BCUT2D eigenvalue weighted by molar-refractivity contribution is 5.31. The van der Waals surface area contributed by atoms with Gasteiger partial charge >= 0.3 is 0 Å². The van der Waals surface area contributed by atoms with Crippen molar-refractivity contribution >= 4 is 0 Å². The molecule has 1 N–H and O–H groups in total. The molecule has 0 aliphatic heterocycles.